The van der Waals surface area contributed by atoms with E-state index in [2.05, 4.69) is 0 Å². The van der Waals surface area contributed by atoms with Crippen molar-refractivity contribution in [1.82, 2.24) is 0 Å². The summed E-state index contributed by atoms with van der Waals surface area (Å²) < 4.78 is 5.52. The number of benzene rings is 1. The van der Waals surface area contributed by atoms with Crippen LogP contribution in [0.1, 0.15) is 19.8 Å². The molecule has 0 radical (unpaired) electrons. The van der Waals surface area contributed by atoms with Crippen LogP contribution in [0.4, 0.5) is 5.69 Å². The van der Waals surface area contributed by atoms with Gasteiger partial charge in [0.25, 0.3) is 0 Å². The van der Waals surface area contributed by atoms with E-state index in [4.69, 9.17) is 9.84 Å². The number of nitrogens with zero attached hydrogens (tertiary/aromatic N) is 1. The Bertz CT molecular complexity index is 387. The number of carbonyl (C=O) groups is 1. The highest BCUT2D eigenvalue weighted by Gasteiger charge is 2.35. The van der Waals surface area contributed by atoms with Crippen LogP contribution in [0.5, 0.6) is 0 Å². The summed E-state index contributed by atoms with van der Waals surface area (Å²) in [5, 5.41) is 9.01. The van der Waals surface area contributed by atoms with E-state index in [-0.39, 0.29) is 12.6 Å². The van der Waals surface area contributed by atoms with Crippen LogP contribution in [0.2, 0.25) is 0 Å². The van der Waals surface area contributed by atoms with Crippen molar-refractivity contribution in [2.45, 2.75) is 31.9 Å². The van der Waals surface area contributed by atoms with Gasteiger partial charge >= 0.3 is 5.97 Å². The van der Waals surface area contributed by atoms with E-state index in [1.54, 1.807) is 0 Å². The van der Waals surface area contributed by atoms with E-state index in [1.807, 2.05) is 42.2 Å². The van der Waals surface area contributed by atoms with Crippen LogP contribution in [-0.2, 0) is 9.53 Å². The third kappa shape index (κ3) is 3.01. The van der Waals surface area contributed by atoms with Gasteiger partial charge < -0.3 is 14.7 Å². The second-order valence-electron chi connectivity index (χ2n) is 4.56. The molecular formula is C14H19NO3. The van der Waals surface area contributed by atoms with Gasteiger partial charge in [0.1, 0.15) is 6.54 Å². The minimum Gasteiger partial charge on any atom is -0.480 e. The summed E-state index contributed by atoms with van der Waals surface area (Å²) in [6.45, 7) is 2.76. The molecule has 0 amide bonds. The summed E-state index contributed by atoms with van der Waals surface area (Å²) >= 11 is 0. The van der Waals surface area contributed by atoms with Crippen molar-refractivity contribution < 1.29 is 14.6 Å². The van der Waals surface area contributed by atoms with Crippen molar-refractivity contribution in [1.29, 1.82) is 0 Å². The quantitative estimate of drug-likeness (QED) is 0.839. The van der Waals surface area contributed by atoms with Crippen LogP contribution in [-0.4, -0.2) is 36.4 Å². The van der Waals surface area contributed by atoms with Gasteiger partial charge in [-0.25, -0.2) is 0 Å². The lowest BCUT2D eigenvalue weighted by Crippen LogP contribution is -2.50. The molecule has 4 nitrogen and oxygen atoms in total. The molecule has 1 N–H and O–H groups in total. The zero-order valence-corrected chi connectivity index (χ0v) is 10.6. The molecule has 4 heteroatoms. The standard InChI is InChI=1S/C14H19NO3/c1-2-18-13-8-12(9-13)15(10-14(16)17)11-6-4-3-5-7-11/h3-7,12-13H,2,8-10H2,1H3,(H,16,17). The Morgan fingerprint density at radius 1 is 1.39 bits per heavy atom. The zero-order valence-electron chi connectivity index (χ0n) is 10.6. The van der Waals surface area contributed by atoms with Crippen LogP contribution >= 0.6 is 0 Å². The number of carboxylic acids is 1. The maximum Gasteiger partial charge on any atom is 0.323 e. The Morgan fingerprint density at radius 2 is 2.06 bits per heavy atom. The molecule has 0 bridgehead atoms. The molecule has 0 aliphatic heterocycles. The minimum atomic E-state index is -0.793. The summed E-state index contributed by atoms with van der Waals surface area (Å²) in [5.41, 5.74) is 0.972. The maximum atomic E-state index is 11.0. The van der Waals surface area contributed by atoms with E-state index in [0.717, 1.165) is 25.1 Å². The van der Waals surface area contributed by atoms with E-state index in [9.17, 15) is 4.79 Å². The van der Waals surface area contributed by atoms with Crippen LogP contribution in [0, 0.1) is 0 Å². The molecule has 18 heavy (non-hydrogen) atoms. The first kappa shape index (κ1) is 12.9. The third-order valence-corrected chi connectivity index (χ3v) is 3.31. The van der Waals surface area contributed by atoms with Gasteiger partial charge in [-0.2, -0.15) is 0 Å². The smallest absolute Gasteiger partial charge is 0.323 e. The summed E-state index contributed by atoms with van der Waals surface area (Å²) in [4.78, 5) is 12.9. The van der Waals surface area contributed by atoms with Gasteiger partial charge in [-0.3, -0.25) is 4.79 Å². The first-order valence-corrected chi connectivity index (χ1v) is 6.35. The van der Waals surface area contributed by atoms with Gasteiger partial charge in [-0.1, -0.05) is 18.2 Å². The molecule has 1 aromatic carbocycles. The second kappa shape index (κ2) is 5.87. The average molecular weight is 249 g/mol. The number of rotatable bonds is 6. The summed E-state index contributed by atoms with van der Waals surface area (Å²) in [7, 11) is 0. The molecule has 1 aromatic rings. The van der Waals surface area contributed by atoms with Gasteiger partial charge in [-0.15, -0.1) is 0 Å². The van der Waals surface area contributed by atoms with Crippen LogP contribution in [0.3, 0.4) is 0 Å². The lowest BCUT2D eigenvalue weighted by molar-refractivity contribution is -0.135. The van der Waals surface area contributed by atoms with Crippen molar-refractivity contribution in [3.63, 3.8) is 0 Å². The zero-order chi connectivity index (χ0) is 13.0. The van der Waals surface area contributed by atoms with Gasteiger partial charge in [0.15, 0.2) is 0 Å². The number of hydrogen-bond acceptors (Lipinski definition) is 3. The molecule has 0 spiro atoms. The van der Waals surface area contributed by atoms with Gasteiger partial charge in [-0.05, 0) is 31.9 Å². The fraction of sp³-hybridized carbons (Fsp3) is 0.500. The van der Waals surface area contributed by atoms with Gasteiger partial charge in [0.05, 0.1) is 6.10 Å². The maximum absolute atomic E-state index is 11.0. The Balaban J connectivity index is 2.01. The molecule has 1 aliphatic carbocycles. The average Bonchev–Trinajstić information content (AvgIpc) is 2.32. The number of aliphatic carboxylic acids is 1. The molecule has 1 fully saturated rings. The molecule has 2 rings (SSSR count). The van der Waals surface area contributed by atoms with Gasteiger partial charge in [0.2, 0.25) is 0 Å². The Hall–Kier alpha value is -1.55. The molecule has 0 saturated heterocycles. The third-order valence-electron chi connectivity index (χ3n) is 3.31. The lowest BCUT2D eigenvalue weighted by Gasteiger charge is -2.43. The Kier molecular flexibility index (Phi) is 4.20. The van der Waals surface area contributed by atoms with E-state index < -0.39 is 5.97 Å². The van der Waals surface area contributed by atoms with Crippen molar-refractivity contribution in [3.8, 4) is 0 Å². The van der Waals surface area contributed by atoms with E-state index in [1.165, 1.54) is 0 Å². The first-order valence-electron chi connectivity index (χ1n) is 6.35. The number of carboxylic acid groups (broad SMARTS) is 1. The Labute approximate surface area is 107 Å². The molecule has 98 valence electrons. The number of anilines is 1. The van der Waals surface area contributed by atoms with E-state index in [0.29, 0.717) is 6.10 Å². The fourth-order valence-electron chi connectivity index (χ4n) is 2.36. The molecule has 0 unspecified atom stereocenters. The SMILES string of the molecule is CCOC1CC(N(CC(=O)O)c2ccccc2)C1. The predicted molar refractivity (Wildman–Crippen MR) is 69.9 cm³/mol. The van der Waals surface area contributed by atoms with Crippen molar-refractivity contribution in [2.75, 3.05) is 18.1 Å². The number of ether oxygens (including phenoxy) is 1. The molecular weight excluding hydrogens is 230 g/mol. The second-order valence-corrected chi connectivity index (χ2v) is 4.56. The largest absolute Gasteiger partial charge is 0.480 e. The fourth-order valence-corrected chi connectivity index (χ4v) is 2.36. The van der Waals surface area contributed by atoms with Crippen LogP contribution < -0.4 is 4.90 Å². The molecule has 0 atom stereocenters. The molecule has 0 heterocycles. The van der Waals surface area contributed by atoms with Crippen molar-refractivity contribution in [2.24, 2.45) is 0 Å². The first-order chi connectivity index (χ1) is 8.70. The topological polar surface area (TPSA) is 49.8 Å². The van der Waals surface area contributed by atoms with E-state index >= 15 is 0 Å². The van der Waals surface area contributed by atoms with Crippen LogP contribution in [0.25, 0.3) is 0 Å². The summed E-state index contributed by atoms with van der Waals surface area (Å²) in [6.07, 6.45) is 2.12. The summed E-state index contributed by atoms with van der Waals surface area (Å²) in [5.74, 6) is -0.793. The van der Waals surface area contributed by atoms with Gasteiger partial charge in [0, 0.05) is 18.3 Å². The Morgan fingerprint density at radius 3 is 2.61 bits per heavy atom. The highest BCUT2D eigenvalue weighted by molar-refractivity contribution is 5.74. The normalized spacial score (nSPS) is 22.3. The monoisotopic (exact) mass is 249 g/mol. The number of para-hydroxylation sites is 1. The van der Waals surface area contributed by atoms with Crippen molar-refractivity contribution >= 4 is 11.7 Å². The highest BCUT2D eigenvalue weighted by atomic mass is 16.5. The minimum absolute atomic E-state index is 0.0491. The predicted octanol–water partition coefficient (Wildman–Crippen LogP) is 2.15. The van der Waals surface area contributed by atoms with Crippen molar-refractivity contribution in [3.05, 3.63) is 30.3 Å². The molecule has 0 aromatic heterocycles. The highest BCUT2D eigenvalue weighted by Crippen LogP contribution is 2.31. The molecule has 1 aliphatic rings. The summed E-state index contributed by atoms with van der Waals surface area (Å²) in [6, 6.07) is 9.99. The lowest BCUT2D eigenvalue weighted by atomic mass is 9.87. The van der Waals surface area contributed by atoms with Crippen LogP contribution in [0.15, 0.2) is 30.3 Å². The number of hydrogen-bond donors (Lipinski definition) is 1. The molecule has 1 saturated carbocycles.